The molecule has 1 unspecified atom stereocenters. The van der Waals surface area contributed by atoms with E-state index in [-0.39, 0.29) is 5.92 Å². The lowest BCUT2D eigenvalue weighted by atomic mass is 9.79. The average molecular weight is 499 g/mol. The van der Waals surface area contributed by atoms with Crippen LogP contribution in [0.1, 0.15) is 33.7 Å². The average Bonchev–Trinajstić information content (AvgIpc) is 3.32. The van der Waals surface area contributed by atoms with Crippen molar-refractivity contribution in [2.75, 3.05) is 0 Å². The molecule has 1 aliphatic rings. The second-order valence-electron chi connectivity index (χ2n) is 10.6. The van der Waals surface area contributed by atoms with Gasteiger partial charge in [-0.15, -0.1) is 0 Å². The molecular formula is C39H30. The van der Waals surface area contributed by atoms with Crippen LogP contribution in [-0.2, 0) is 0 Å². The maximum atomic E-state index is 2.42. The van der Waals surface area contributed by atoms with E-state index in [0.29, 0.717) is 0 Å². The number of hydrogen-bond acceptors (Lipinski definition) is 0. The Morgan fingerprint density at radius 2 is 0.821 bits per heavy atom. The van der Waals surface area contributed by atoms with Crippen molar-refractivity contribution in [3.8, 4) is 44.5 Å². The van der Waals surface area contributed by atoms with E-state index >= 15 is 0 Å². The van der Waals surface area contributed by atoms with Gasteiger partial charge in [0.1, 0.15) is 0 Å². The van der Waals surface area contributed by atoms with Crippen LogP contribution in [0.4, 0.5) is 0 Å². The first kappa shape index (κ1) is 23.4. The van der Waals surface area contributed by atoms with Crippen molar-refractivity contribution in [1.82, 2.24) is 0 Å². The van der Waals surface area contributed by atoms with Crippen molar-refractivity contribution in [2.24, 2.45) is 0 Å². The molecule has 0 bridgehead atoms. The number of hydrogen-bond donors (Lipinski definition) is 0. The number of rotatable bonds is 4. The lowest BCUT2D eigenvalue weighted by molar-refractivity contribution is 0.981. The standard InChI is InChI=1S/C39H30/c1-26-22-31(28-14-6-3-7-15-28)23-27(2)37(26)39-34-21-13-12-20-33(34)36-25-32(29-16-8-4-9-17-29)24-35(38(36)39)30-18-10-5-11-19-30/h3-25,39H,1-2H3. The molecule has 39 heavy (non-hydrogen) atoms. The van der Waals surface area contributed by atoms with E-state index in [2.05, 4.69) is 153 Å². The van der Waals surface area contributed by atoms with Gasteiger partial charge in [-0.05, 0) is 98.3 Å². The Labute approximate surface area is 231 Å². The van der Waals surface area contributed by atoms with Crippen molar-refractivity contribution in [3.63, 3.8) is 0 Å². The van der Waals surface area contributed by atoms with Crippen LogP contribution in [0.15, 0.2) is 140 Å². The van der Waals surface area contributed by atoms with Crippen LogP contribution in [0.2, 0.25) is 0 Å². The molecule has 1 aliphatic carbocycles. The van der Waals surface area contributed by atoms with E-state index in [4.69, 9.17) is 0 Å². The van der Waals surface area contributed by atoms with Gasteiger partial charge >= 0.3 is 0 Å². The maximum absolute atomic E-state index is 2.42. The lowest BCUT2D eigenvalue weighted by Gasteiger charge is -2.24. The summed E-state index contributed by atoms with van der Waals surface area (Å²) in [5.74, 6) is 0.182. The molecule has 1 atom stereocenters. The van der Waals surface area contributed by atoms with Gasteiger partial charge in [-0.3, -0.25) is 0 Å². The van der Waals surface area contributed by atoms with Gasteiger partial charge in [0.25, 0.3) is 0 Å². The summed E-state index contributed by atoms with van der Waals surface area (Å²) in [7, 11) is 0. The van der Waals surface area contributed by atoms with Crippen LogP contribution in [0.3, 0.4) is 0 Å². The fraction of sp³-hybridized carbons (Fsp3) is 0.0769. The molecule has 7 rings (SSSR count). The Morgan fingerprint density at radius 1 is 0.359 bits per heavy atom. The van der Waals surface area contributed by atoms with E-state index in [1.165, 1.54) is 72.3 Å². The van der Waals surface area contributed by atoms with E-state index in [9.17, 15) is 0 Å². The summed E-state index contributed by atoms with van der Waals surface area (Å²) in [6, 6.07) is 51.0. The van der Waals surface area contributed by atoms with Gasteiger partial charge < -0.3 is 0 Å². The summed E-state index contributed by atoms with van der Waals surface area (Å²) < 4.78 is 0. The van der Waals surface area contributed by atoms with Crippen LogP contribution in [0.25, 0.3) is 44.5 Å². The fourth-order valence-corrected chi connectivity index (χ4v) is 6.52. The van der Waals surface area contributed by atoms with E-state index < -0.39 is 0 Å². The number of aryl methyl sites for hydroxylation is 2. The third-order valence-electron chi connectivity index (χ3n) is 8.21. The molecular weight excluding hydrogens is 468 g/mol. The highest BCUT2D eigenvalue weighted by Crippen LogP contribution is 2.54. The highest BCUT2D eigenvalue weighted by molar-refractivity contribution is 5.92. The Morgan fingerprint density at radius 3 is 1.41 bits per heavy atom. The van der Waals surface area contributed by atoms with Crippen LogP contribution in [0, 0.1) is 13.8 Å². The summed E-state index contributed by atoms with van der Waals surface area (Å²) in [5, 5.41) is 0. The zero-order valence-electron chi connectivity index (χ0n) is 22.4. The van der Waals surface area contributed by atoms with Crippen LogP contribution in [0.5, 0.6) is 0 Å². The smallest absolute Gasteiger partial charge is 0.0363 e. The van der Waals surface area contributed by atoms with Crippen molar-refractivity contribution < 1.29 is 0 Å². The van der Waals surface area contributed by atoms with Crippen LogP contribution >= 0.6 is 0 Å². The van der Waals surface area contributed by atoms with Crippen LogP contribution < -0.4 is 0 Å². The van der Waals surface area contributed by atoms with Gasteiger partial charge in [-0.2, -0.15) is 0 Å². The third kappa shape index (κ3) is 4.01. The second-order valence-corrected chi connectivity index (χ2v) is 10.6. The molecule has 6 aromatic carbocycles. The zero-order chi connectivity index (χ0) is 26.3. The SMILES string of the molecule is Cc1cc(-c2ccccc2)cc(C)c1C1c2ccccc2-c2cc(-c3ccccc3)cc(-c3ccccc3)c21. The van der Waals surface area contributed by atoms with Gasteiger partial charge in [0.15, 0.2) is 0 Å². The van der Waals surface area contributed by atoms with Crippen molar-refractivity contribution in [3.05, 3.63) is 167 Å². The molecule has 0 radical (unpaired) electrons. The molecule has 0 spiro atoms. The van der Waals surface area contributed by atoms with Crippen molar-refractivity contribution >= 4 is 0 Å². The molecule has 186 valence electrons. The third-order valence-corrected chi connectivity index (χ3v) is 8.21. The molecule has 0 saturated carbocycles. The summed E-state index contributed by atoms with van der Waals surface area (Å²) in [5.41, 5.74) is 17.2. The van der Waals surface area contributed by atoms with Gasteiger partial charge in [0.2, 0.25) is 0 Å². The molecule has 6 aromatic rings. The quantitative estimate of drug-likeness (QED) is 0.226. The predicted molar refractivity (Wildman–Crippen MR) is 165 cm³/mol. The Bertz CT molecular complexity index is 1770. The Hall–Kier alpha value is -4.68. The van der Waals surface area contributed by atoms with E-state index in [1.54, 1.807) is 0 Å². The minimum atomic E-state index is 0.182. The molecule has 0 amide bonds. The van der Waals surface area contributed by atoms with E-state index in [1.807, 2.05) is 0 Å². The monoisotopic (exact) mass is 498 g/mol. The Kier molecular flexibility index (Phi) is 5.75. The summed E-state index contributed by atoms with van der Waals surface area (Å²) >= 11 is 0. The van der Waals surface area contributed by atoms with E-state index in [0.717, 1.165) is 0 Å². The van der Waals surface area contributed by atoms with Gasteiger partial charge in [-0.25, -0.2) is 0 Å². The van der Waals surface area contributed by atoms with Gasteiger partial charge in [0, 0.05) is 5.92 Å². The molecule has 0 heteroatoms. The molecule has 0 aliphatic heterocycles. The lowest BCUT2D eigenvalue weighted by Crippen LogP contribution is -2.06. The highest BCUT2D eigenvalue weighted by Gasteiger charge is 2.34. The number of benzene rings is 6. The Balaban J connectivity index is 1.51. The molecule has 0 fully saturated rings. The largest absolute Gasteiger partial charge is 0.0622 e. The first-order chi connectivity index (χ1) is 19.2. The molecule has 0 N–H and O–H groups in total. The first-order valence-corrected chi connectivity index (χ1v) is 13.7. The van der Waals surface area contributed by atoms with Gasteiger partial charge in [-0.1, -0.05) is 127 Å². The fourth-order valence-electron chi connectivity index (χ4n) is 6.52. The summed E-state index contributed by atoms with van der Waals surface area (Å²) in [6.07, 6.45) is 0. The second kappa shape index (κ2) is 9.57. The predicted octanol–water partition coefficient (Wildman–Crippen LogP) is 10.5. The van der Waals surface area contributed by atoms with Crippen molar-refractivity contribution in [2.45, 2.75) is 19.8 Å². The molecule has 0 saturated heterocycles. The summed E-state index contributed by atoms with van der Waals surface area (Å²) in [4.78, 5) is 0. The van der Waals surface area contributed by atoms with Crippen molar-refractivity contribution in [1.29, 1.82) is 0 Å². The molecule has 0 heterocycles. The van der Waals surface area contributed by atoms with Gasteiger partial charge in [0.05, 0.1) is 0 Å². The molecule has 0 aromatic heterocycles. The number of fused-ring (bicyclic) bond motifs is 3. The normalized spacial score (nSPS) is 13.6. The minimum absolute atomic E-state index is 0.182. The first-order valence-electron chi connectivity index (χ1n) is 13.7. The minimum Gasteiger partial charge on any atom is -0.0622 e. The highest BCUT2D eigenvalue weighted by atomic mass is 14.4. The van der Waals surface area contributed by atoms with Crippen LogP contribution in [-0.4, -0.2) is 0 Å². The zero-order valence-corrected chi connectivity index (χ0v) is 22.4. The summed E-state index contributed by atoms with van der Waals surface area (Å²) in [6.45, 7) is 4.58. The topological polar surface area (TPSA) is 0 Å². The molecule has 0 nitrogen and oxygen atoms in total. The maximum Gasteiger partial charge on any atom is 0.0363 e.